The number of carbonyl (C=O) groups excluding carboxylic acids is 1. The average molecular weight is 419 g/mol. The third-order valence-electron chi connectivity index (χ3n) is 7.70. The van der Waals surface area contributed by atoms with Crippen LogP contribution >= 0.6 is 0 Å². The summed E-state index contributed by atoms with van der Waals surface area (Å²) < 4.78 is 0. The van der Waals surface area contributed by atoms with E-state index in [0.717, 1.165) is 24.8 Å². The molecule has 0 unspecified atom stereocenters. The SMILES string of the molecule is CNC(=O)c1ccc(N2CCC(c3ccc4c(c3)CCN(C3CCC3)CC4)CC2)cn1. The van der Waals surface area contributed by atoms with E-state index in [0.29, 0.717) is 11.6 Å². The largest absolute Gasteiger partial charge is 0.370 e. The van der Waals surface area contributed by atoms with Crippen molar-refractivity contribution in [3.8, 4) is 0 Å². The highest BCUT2D eigenvalue weighted by Gasteiger charge is 2.27. The summed E-state index contributed by atoms with van der Waals surface area (Å²) in [6.45, 7) is 4.55. The van der Waals surface area contributed by atoms with Gasteiger partial charge >= 0.3 is 0 Å². The van der Waals surface area contributed by atoms with Gasteiger partial charge in [-0.3, -0.25) is 9.69 Å². The molecular weight excluding hydrogens is 384 g/mol. The van der Waals surface area contributed by atoms with Crippen LogP contribution in [-0.2, 0) is 12.8 Å². The van der Waals surface area contributed by atoms with Crippen LogP contribution < -0.4 is 10.2 Å². The molecule has 1 amide bonds. The molecule has 3 heterocycles. The van der Waals surface area contributed by atoms with Gasteiger partial charge in [0.1, 0.15) is 5.69 Å². The molecule has 0 radical (unpaired) electrons. The zero-order chi connectivity index (χ0) is 21.2. The van der Waals surface area contributed by atoms with Crippen molar-refractivity contribution in [2.45, 2.75) is 56.9 Å². The molecule has 5 rings (SSSR count). The molecule has 164 valence electrons. The summed E-state index contributed by atoms with van der Waals surface area (Å²) in [7, 11) is 1.63. The molecule has 0 spiro atoms. The first-order valence-corrected chi connectivity index (χ1v) is 12.0. The van der Waals surface area contributed by atoms with Crippen LogP contribution in [0, 0.1) is 0 Å². The Morgan fingerprint density at radius 3 is 2.39 bits per heavy atom. The maximum absolute atomic E-state index is 11.7. The summed E-state index contributed by atoms with van der Waals surface area (Å²) in [6, 6.07) is 12.0. The Hall–Kier alpha value is -2.40. The fourth-order valence-corrected chi connectivity index (χ4v) is 5.44. The molecule has 2 fully saturated rings. The first-order valence-electron chi connectivity index (χ1n) is 12.0. The van der Waals surface area contributed by atoms with Crippen molar-refractivity contribution < 1.29 is 4.79 Å². The molecule has 5 heteroatoms. The molecule has 3 aliphatic rings. The second-order valence-corrected chi connectivity index (χ2v) is 9.39. The van der Waals surface area contributed by atoms with E-state index in [1.165, 1.54) is 63.6 Å². The molecule has 0 atom stereocenters. The van der Waals surface area contributed by atoms with Crippen molar-refractivity contribution >= 4 is 11.6 Å². The van der Waals surface area contributed by atoms with Gasteiger partial charge in [-0.1, -0.05) is 24.6 Å². The minimum atomic E-state index is -0.135. The van der Waals surface area contributed by atoms with Crippen molar-refractivity contribution in [2.24, 2.45) is 0 Å². The van der Waals surface area contributed by atoms with Gasteiger partial charge < -0.3 is 10.2 Å². The topological polar surface area (TPSA) is 48.5 Å². The number of anilines is 1. The molecule has 2 aliphatic heterocycles. The maximum atomic E-state index is 11.7. The molecule has 1 aromatic carbocycles. The fraction of sp³-hybridized carbons (Fsp3) is 0.538. The molecule has 0 bridgehead atoms. The highest BCUT2D eigenvalue weighted by molar-refractivity contribution is 5.92. The lowest BCUT2D eigenvalue weighted by atomic mass is 9.86. The number of hydrogen-bond acceptors (Lipinski definition) is 4. The number of aromatic nitrogens is 1. The van der Waals surface area contributed by atoms with E-state index in [9.17, 15) is 4.79 Å². The van der Waals surface area contributed by atoms with Crippen LogP contribution in [0.4, 0.5) is 5.69 Å². The summed E-state index contributed by atoms with van der Waals surface area (Å²) in [6.07, 6.45) is 10.8. The average Bonchev–Trinajstić information content (AvgIpc) is 3.00. The summed E-state index contributed by atoms with van der Waals surface area (Å²) in [4.78, 5) is 21.2. The second-order valence-electron chi connectivity index (χ2n) is 9.39. The molecule has 5 nitrogen and oxygen atoms in total. The van der Waals surface area contributed by atoms with Gasteiger partial charge in [0, 0.05) is 39.3 Å². The van der Waals surface area contributed by atoms with Gasteiger partial charge in [0.05, 0.1) is 11.9 Å². The van der Waals surface area contributed by atoms with Gasteiger partial charge in [0.15, 0.2) is 0 Å². The summed E-state index contributed by atoms with van der Waals surface area (Å²) in [5.74, 6) is 0.509. The molecular formula is C26H34N4O. The number of pyridine rings is 1. The number of hydrogen-bond donors (Lipinski definition) is 1. The van der Waals surface area contributed by atoms with Crippen LogP contribution in [0.15, 0.2) is 36.5 Å². The zero-order valence-corrected chi connectivity index (χ0v) is 18.6. The first-order chi connectivity index (χ1) is 15.2. The van der Waals surface area contributed by atoms with Gasteiger partial charge in [0.25, 0.3) is 5.91 Å². The lowest BCUT2D eigenvalue weighted by molar-refractivity contribution is 0.0958. The van der Waals surface area contributed by atoms with Gasteiger partial charge in [-0.2, -0.15) is 0 Å². The Bertz CT molecular complexity index is 914. The second kappa shape index (κ2) is 8.99. The Balaban J connectivity index is 1.20. The van der Waals surface area contributed by atoms with Crippen LogP contribution in [0.1, 0.15) is 65.2 Å². The molecule has 1 saturated heterocycles. The minimum Gasteiger partial charge on any atom is -0.370 e. The first kappa shape index (κ1) is 20.5. The molecule has 1 N–H and O–H groups in total. The predicted molar refractivity (Wildman–Crippen MR) is 125 cm³/mol. The van der Waals surface area contributed by atoms with Crippen molar-refractivity contribution in [1.82, 2.24) is 15.2 Å². The number of piperidine rings is 1. The van der Waals surface area contributed by atoms with Gasteiger partial charge in [0.2, 0.25) is 0 Å². The minimum absolute atomic E-state index is 0.135. The Morgan fingerprint density at radius 1 is 0.968 bits per heavy atom. The van der Waals surface area contributed by atoms with E-state index in [4.69, 9.17) is 0 Å². The molecule has 1 saturated carbocycles. The van der Waals surface area contributed by atoms with Crippen molar-refractivity contribution in [1.29, 1.82) is 0 Å². The number of rotatable bonds is 4. The van der Waals surface area contributed by atoms with Crippen LogP contribution in [0.3, 0.4) is 0 Å². The van der Waals surface area contributed by atoms with E-state index >= 15 is 0 Å². The Labute approximate surface area is 185 Å². The van der Waals surface area contributed by atoms with Crippen LogP contribution in [0.25, 0.3) is 0 Å². The molecule has 2 aromatic rings. The Morgan fingerprint density at radius 2 is 1.74 bits per heavy atom. The van der Waals surface area contributed by atoms with Crippen molar-refractivity contribution in [3.05, 3.63) is 58.9 Å². The highest BCUT2D eigenvalue weighted by Crippen LogP contribution is 2.33. The summed E-state index contributed by atoms with van der Waals surface area (Å²) in [5, 5.41) is 2.63. The monoisotopic (exact) mass is 418 g/mol. The highest BCUT2D eigenvalue weighted by atomic mass is 16.1. The van der Waals surface area contributed by atoms with E-state index in [-0.39, 0.29) is 5.91 Å². The number of benzene rings is 1. The molecule has 1 aliphatic carbocycles. The number of fused-ring (bicyclic) bond motifs is 1. The van der Waals surface area contributed by atoms with E-state index in [2.05, 4.69) is 38.3 Å². The quantitative estimate of drug-likeness (QED) is 0.821. The van der Waals surface area contributed by atoms with Crippen LogP contribution in [-0.4, -0.2) is 55.1 Å². The Kier molecular flexibility index (Phi) is 5.95. The lowest BCUT2D eigenvalue weighted by Gasteiger charge is -2.36. The smallest absolute Gasteiger partial charge is 0.269 e. The molecule has 1 aromatic heterocycles. The van der Waals surface area contributed by atoms with Crippen LogP contribution in [0.2, 0.25) is 0 Å². The fourth-order valence-electron chi connectivity index (χ4n) is 5.44. The maximum Gasteiger partial charge on any atom is 0.269 e. The van der Waals surface area contributed by atoms with Crippen molar-refractivity contribution in [3.63, 3.8) is 0 Å². The number of nitrogens with one attached hydrogen (secondary N) is 1. The van der Waals surface area contributed by atoms with Gasteiger partial charge in [-0.15, -0.1) is 0 Å². The normalized spacial score (nSPS) is 20.6. The zero-order valence-electron chi connectivity index (χ0n) is 18.6. The van der Waals surface area contributed by atoms with Crippen LogP contribution in [0.5, 0.6) is 0 Å². The number of nitrogens with zero attached hydrogens (tertiary/aromatic N) is 3. The van der Waals surface area contributed by atoms with E-state index < -0.39 is 0 Å². The van der Waals surface area contributed by atoms with Crippen molar-refractivity contribution in [2.75, 3.05) is 38.1 Å². The van der Waals surface area contributed by atoms with Gasteiger partial charge in [-0.25, -0.2) is 4.98 Å². The number of carbonyl (C=O) groups is 1. The van der Waals surface area contributed by atoms with Gasteiger partial charge in [-0.05, 0) is 73.3 Å². The predicted octanol–water partition coefficient (Wildman–Crippen LogP) is 3.78. The summed E-state index contributed by atoms with van der Waals surface area (Å²) >= 11 is 0. The van der Waals surface area contributed by atoms with E-state index in [1.54, 1.807) is 18.2 Å². The molecule has 31 heavy (non-hydrogen) atoms. The summed E-state index contributed by atoms with van der Waals surface area (Å²) in [5.41, 5.74) is 6.29. The third kappa shape index (κ3) is 4.33. The lowest BCUT2D eigenvalue weighted by Crippen LogP contribution is -2.41. The van der Waals surface area contributed by atoms with E-state index in [1.807, 2.05) is 18.3 Å². The standard InChI is InChI=1S/C26H34N4O/c1-27-26(31)25-8-7-24(18-28-25)30-14-10-20(11-15-30)21-6-5-19-9-13-29(23-3-2-4-23)16-12-22(19)17-21/h5-8,17-18,20,23H,2-4,9-16H2,1H3,(H,27,31). The number of amides is 1. The third-order valence-corrected chi connectivity index (χ3v) is 7.70.